The molecule has 0 aliphatic heterocycles. The van der Waals surface area contributed by atoms with Crippen molar-refractivity contribution < 1.29 is 4.79 Å². The first-order valence-corrected chi connectivity index (χ1v) is 6.59. The number of nitrogens with one attached hydrogen (secondary N) is 1. The van der Waals surface area contributed by atoms with Crippen molar-refractivity contribution in [1.29, 1.82) is 0 Å². The van der Waals surface area contributed by atoms with Gasteiger partial charge < -0.3 is 11.1 Å². The maximum atomic E-state index is 11.9. The van der Waals surface area contributed by atoms with Crippen LogP contribution in [0.4, 0.5) is 0 Å². The van der Waals surface area contributed by atoms with Gasteiger partial charge in [-0.3, -0.25) is 4.79 Å². The zero-order valence-electron chi connectivity index (χ0n) is 11.1. The molecule has 0 aliphatic carbocycles. The van der Waals surface area contributed by atoms with Gasteiger partial charge in [-0.1, -0.05) is 36.2 Å². The summed E-state index contributed by atoms with van der Waals surface area (Å²) in [7, 11) is 0. The highest BCUT2D eigenvalue weighted by atomic mass is 35.5. The number of benzene rings is 1. The van der Waals surface area contributed by atoms with E-state index in [4.69, 9.17) is 28.9 Å². The molecule has 0 aliphatic rings. The molecule has 3 atom stereocenters. The molecule has 0 fully saturated rings. The molecular formula is C13H19Cl3N2O. The molecular weight excluding hydrogens is 307 g/mol. The standard InChI is InChI=1S/C13H18Cl2N2O.ClH/c1-7(8(2)16)13(18)17-9(3)11-5-4-10(14)6-12(11)15;/h4-9H,16H2,1-3H3,(H,17,18);1H. The smallest absolute Gasteiger partial charge is 0.224 e. The molecule has 1 aromatic rings. The third-order valence-corrected chi connectivity index (χ3v) is 3.55. The molecule has 108 valence electrons. The van der Waals surface area contributed by atoms with E-state index in [1.807, 2.05) is 19.9 Å². The Kier molecular flexibility index (Phi) is 7.75. The molecule has 0 saturated carbocycles. The van der Waals surface area contributed by atoms with Gasteiger partial charge in [-0.05, 0) is 31.5 Å². The van der Waals surface area contributed by atoms with Gasteiger partial charge in [0.1, 0.15) is 0 Å². The summed E-state index contributed by atoms with van der Waals surface area (Å²) in [6.07, 6.45) is 0. The second-order valence-electron chi connectivity index (χ2n) is 4.54. The lowest BCUT2D eigenvalue weighted by Gasteiger charge is -2.20. The van der Waals surface area contributed by atoms with Crippen LogP contribution in [0.5, 0.6) is 0 Å². The molecule has 1 amide bonds. The summed E-state index contributed by atoms with van der Waals surface area (Å²) in [5.74, 6) is -0.318. The fourth-order valence-electron chi connectivity index (χ4n) is 1.51. The lowest BCUT2D eigenvalue weighted by molar-refractivity contribution is -0.125. The topological polar surface area (TPSA) is 55.1 Å². The predicted molar refractivity (Wildman–Crippen MR) is 83.1 cm³/mol. The van der Waals surface area contributed by atoms with Crippen molar-refractivity contribution in [2.24, 2.45) is 11.7 Å². The van der Waals surface area contributed by atoms with E-state index in [1.165, 1.54) is 0 Å². The van der Waals surface area contributed by atoms with Crippen LogP contribution in [0, 0.1) is 5.92 Å². The van der Waals surface area contributed by atoms with Gasteiger partial charge in [-0.2, -0.15) is 0 Å². The Labute approximate surface area is 130 Å². The van der Waals surface area contributed by atoms with Gasteiger partial charge in [-0.25, -0.2) is 0 Å². The number of hydrogen-bond donors (Lipinski definition) is 2. The summed E-state index contributed by atoms with van der Waals surface area (Å²) >= 11 is 11.9. The third-order valence-electron chi connectivity index (χ3n) is 2.99. The predicted octanol–water partition coefficient (Wildman–Crippen LogP) is 3.58. The lowest BCUT2D eigenvalue weighted by atomic mass is 10.0. The summed E-state index contributed by atoms with van der Waals surface area (Å²) < 4.78 is 0. The van der Waals surface area contributed by atoms with E-state index in [0.29, 0.717) is 10.0 Å². The van der Waals surface area contributed by atoms with E-state index in [-0.39, 0.29) is 36.3 Å². The van der Waals surface area contributed by atoms with Crippen molar-refractivity contribution in [3.8, 4) is 0 Å². The van der Waals surface area contributed by atoms with E-state index in [0.717, 1.165) is 5.56 Å². The number of rotatable bonds is 4. The summed E-state index contributed by atoms with van der Waals surface area (Å²) in [4.78, 5) is 11.9. The average molecular weight is 326 g/mol. The summed E-state index contributed by atoms with van der Waals surface area (Å²) in [5, 5.41) is 4.01. The van der Waals surface area contributed by atoms with Gasteiger partial charge in [0.15, 0.2) is 0 Å². The number of carbonyl (C=O) groups excluding carboxylic acids is 1. The van der Waals surface area contributed by atoms with Crippen molar-refractivity contribution >= 4 is 41.5 Å². The quantitative estimate of drug-likeness (QED) is 0.889. The van der Waals surface area contributed by atoms with E-state index in [1.54, 1.807) is 19.1 Å². The van der Waals surface area contributed by atoms with Gasteiger partial charge in [0.2, 0.25) is 5.91 Å². The first-order chi connectivity index (χ1) is 8.32. The fourth-order valence-corrected chi connectivity index (χ4v) is 2.09. The molecule has 0 bridgehead atoms. The van der Waals surface area contributed by atoms with Crippen LogP contribution in [0.15, 0.2) is 18.2 Å². The van der Waals surface area contributed by atoms with E-state index in [2.05, 4.69) is 5.32 Å². The Morgan fingerprint density at radius 1 is 1.26 bits per heavy atom. The highest BCUT2D eigenvalue weighted by Gasteiger charge is 2.20. The Morgan fingerprint density at radius 2 is 1.84 bits per heavy atom. The zero-order chi connectivity index (χ0) is 13.9. The van der Waals surface area contributed by atoms with Crippen LogP contribution >= 0.6 is 35.6 Å². The van der Waals surface area contributed by atoms with Crippen molar-refractivity contribution in [2.45, 2.75) is 32.9 Å². The first-order valence-electron chi connectivity index (χ1n) is 5.83. The summed E-state index contributed by atoms with van der Waals surface area (Å²) in [6, 6.07) is 4.86. The molecule has 3 nitrogen and oxygen atoms in total. The number of amides is 1. The largest absolute Gasteiger partial charge is 0.349 e. The molecule has 1 rings (SSSR count). The number of halogens is 3. The van der Waals surface area contributed by atoms with Crippen LogP contribution in [0.2, 0.25) is 10.0 Å². The van der Waals surface area contributed by atoms with E-state index >= 15 is 0 Å². The SMILES string of the molecule is CC(NC(=O)C(C)C(C)N)c1ccc(Cl)cc1Cl.Cl. The molecule has 0 spiro atoms. The maximum absolute atomic E-state index is 11.9. The molecule has 1 aromatic carbocycles. The second kappa shape index (κ2) is 7.95. The monoisotopic (exact) mass is 324 g/mol. The second-order valence-corrected chi connectivity index (χ2v) is 5.39. The maximum Gasteiger partial charge on any atom is 0.224 e. The normalized spacial score (nSPS) is 15.1. The Morgan fingerprint density at radius 3 is 2.32 bits per heavy atom. The van der Waals surface area contributed by atoms with Crippen LogP contribution < -0.4 is 11.1 Å². The third kappa shape index (κ3) is 5.19. The van der Waals surface area contributed by atoms with Gasteiger partial charge >= 0.3 is 0 Å². The molecule has 6 heteroatoms. The zero-order valence-corrected chi connectivity index (χ0v) is 13.4. The van der Waals surface area contributed by atoms with Crippen molar-refractivity contribution in [1.82, 2.24) is 5.32 Å². The van der Waals surface area contributed by atoms with Crippen LogP contribution in [-0.2, 0) is 4.79 Å². The van der Waals surface area contributed by atoms with E-state index < -0.39 is 0 Å². The average Bonchev–Trinajstić information content (AvgIpc) is 2.27. The minimum absolute atomic E-state index is 0. The number of nitrogens with two attached hydrogens (primary N) is 1. The molecule has 3 unspecified atom stereocenters. The fraction of sp³-hybridized carbons (Fsp3) is 0.462. The Balaban J connectivity index is 0.00000324. The van der Waals surface area contributed by atoms with Gasteiger partial charge in [-0.15, -0.1) is 12.4 Å². The lowest BCUT2D eigenvalue weighted by Crippen LogP contribution is -2.39. The van der Waals surface area contributed by atoms with Gasteiger partial charge in [0.25, 0.3) is 0 Å². The highest BCUT2D eigenvalue weighted by Crippen LogP contribution is 2.26. The number of hydrogen-bond acceptors (Lipinski definition) is 2. The van der Waals surface area contributed by atoms with Crippen LogP contribution in [0.25, 0.3) is 0 Å². The molecule has 0 radical (unpaired) electrons. The van der Waals surface area contributed by atoms with Crippen LogP contribution in [0.3, 0.4) is 0 Å². The highest BCUT2D eigenvalue weighted by molar-refractivity contribution is 6.35. The molecule has 0 saturated heterocycles. The molecule has 3 N–H and O–H groups in total. The van der Waals surface area contributed by atoms with Crippen molar-refractivity contribution in [2.75, 3.05) is 0 Å². The Bertz CT molecular complexity index is 438. The van der Waals surface area contributed by atoms with E-state index in [9.17, 15) is 4.79 Å². The van der Waals surface area contributed by atoms with Crippen molar-refractivity contribution in [3.63, 3.8) is 0 Å². The molecule has 0 aromatic heterocycles. The minimum atomic E-state index is -0.237. The van der Waals surface area contributed by atoms with Gasteiger partial charge in [0, 0.05) is 22.0 Å². The van der Waals surface area contributed by atoms with Gasteiger partial charge in [0.05, 0.1) is 6.04 Å². The number of carbonyl (C=O) groups is 1. The summed E-state index contributed by atoms with van der Waals surface area (Å²) in [5.41, 5.74) is 6.54. The summed E-state index contributed by atoms with van der Waals surface area (Å²) in [6.45, 7) is 5.49. The molecule has 19 heavy (non-hydrogen) atoms. The molecule has 0 heterocycles. The first kappa shape index (κ1) is 18.5. The van der Waals surface area contributed by atoms with Crippen molar-refractivity contribution in [3.05, 3.63) is 33.8 Å². The minimum Gasteiger partial charge on any atom is -0.349 e. The van der Waals surface area contributed by atoms with Crippen LogP contribution in [0.1, 0.15) is 32.4 Å². The van der Waals surface area contributed by atoms with Crippen LogP contribution in [-0.4, -0.2) is 11.9 Å². The Hall–Kier alpha value is -0.480.